The van der Waals surface area contributed by atoms with Crippen LogP contribution in [0.3, 0.4) is 0 Å². The summed E-state index contributed by atoms with van der Waals surface area (Å²) in [6.45, 7) is 6.98. The number of rotatable bonds is 3. The van der Waals surface area contributed by atoms with Gasteiger partial charge in [-0.1, -0.05) is 6.07 Å². The van der Waals surface area contributed by atoms with Gasteiger partial charge in [-0.15, -0.1) is 0 Å². The van der Waals surface area contributed by atoms with Crippen LogP contribution in [0.4, 0.5) is 0 Å². The molecule has 1 aromatic heterocycles. The molecule has 6 nitrogen and oxygen atoms in total. The third-order valence-electron chi connectivity index (χ3n) is 6.06. The fraction of sp³-hybridized carbons (Fsp3) is 0.632. The second-order valence-electron chi connectivity index (χ2n) is 7.74. The molecule has 6 heteroatoms. The van der Waals surface area contributed by atoms with Gasteiger partial charge < -0.3 is 9.80 Å². The number of hydrogen-bond donors (Lipinski definition) is 0. The van der Waals surface area contributed by atoms with Gasteiger partial charge in [0.05, 0.1) is 11.1 Å². The summed E-state index contributed by atoms with van der Waals surface area (Å²) in [6, 6.07) is 5.96. The van der Waals surface area contributed by atoms with Crippen LogP contribution >= 0.6 is 0 Å². The standard InChI is InChI=1S/C19H26N4O2/c1-15(24)23-11-16-10-21(12-17-6-2-3-7-20-17)13-19(16,14-23)18(25)22-8-4-5-9-22/h2-3,6-7,16H,4-5,8-14H2,1H3/t16-,19-/m1/s1. The van der Waals surface area contributed by atoms with Gasteiger partial charge in [0.1, 0.15) is 0 Å². The van der Waals surface area contributed by atoms with Crippen LogP contribution in [0.25, 0.3) is 0 Å². The van der Waals surface area contributed by atoms with Crippen LogP contribution in [0.15, 0.2) is 24.4 Å². The number of nitrogens with zero attached hydrogens (tertiary/aromatic N) is 4. The van der Waals surface area contributed by atoms with Crippen molar-refractivity contribution in [2.45, 2.75) is 26.3 Å². The maximum absolute atomic E-state index is 13.4. The fourth-order valence-corrected chi connectivity index (χ4v) is 4.79. The molecule has 4 heterocycles. The van der Waals surface area contributed by atoms with Crippen molar-refractivity contribution < 1.29 is 9.59 Å². The minimum atomic E-state index is -0.426. The van der Waals surface area contributed by atoms with E-state index in [1.807, 2.05) is 34.2 Å². The number of carbonyl (C=O) groups excluding carboxylic acids is 2. The smallest absolute Gasteiger partial charge is 0.232 e. The second kappa shape index (κ2) is 6.41. The van der Waals surface area contributed by atoms with Gasteiger partial charge in [0, 0.05) is 64.9 Å². The molecule has 134 valence electrons. The van der Waals surface area contributed by atoms with Crippen molar-refractivity contribution in [3.63, 3.8) is 0 Å². The zero-order valence-electron chi connectivity index (χ0n) is 14.9. The second-order valence-corrected chi connectivity index (χ2v) is 7.74. The molecule has 25 heavy (non-hydrogen) atoms. The van der Waals surface area contributed by atoms with Crippen molar-refractivity contribution in [1.82, 2.24) is 19.7 Å². The Balaban J connectivity index is 1.55. The van der Waals surface area contributed by atoms with Crippen LogP contribution in [0.2, 0.25) is 0 Å². The number of carbonyl (C=O) groups is 2. The predicted molar refractivity (Wildman–Crippen MR) is 93.5 cm³/mol. The first-order valence-electron chi connectivity index (χ1n) is 9.26. The molecule has 3 aliphatic heterocycles. The zero-order chi connectivity index (χ0) is 17.4. The molecule has 3 fully saturated rings. The average molecular weight is 342 g/mol. The van der Waals surface area contributed by atoms with Gasteiger partial charge in [-0.2, -0.15) is 0 Å². The van der Waals surface area contributed by atoms with Crippen molar-refractivity contribution in [2.75, 3.05) is 39.3 Å². The van der Waals surface area contributed by atoms with E-state index in [9.17, 15) is 9.59 Å². The highest BCUT2D eigenvalue weighted by Gasteiger charge is 2.58. The summed E-state index contributed by atoms with van der Waals surface area (Å²) in [5.74, 6) is 0.578. The van der Waals surface area contributed by atoms with Crippen LogP contribution < -0.4 is 0 Å². The van der Waals surface area contributed by atoms with Gasteiger partial charge in [0.15, 0.2) is 0 Å². The lowest BCUT2D eigenvalue weighted by atomic mass is 9.79. The topological polar surface area (TPSA) is 56.8 Å². The van der Waals surface area contributed by atoms with Crippen LogP contribution in [-0.4, -0.2) is 70.8 Å². The van der Waals surface area contributed by atoms with E-state index in [0.29, 0.717) is 13.1 Å². The summed E-state index contributed by atoms with van der Waals surface area (Å²) in [7, 11) is 0. The van der Waals surface area contributed by atoms with Gasteiger partial charge in [-0.25, -0.2) is 0 Å². The van der Waals surface area contributed by atoms with Gasteiger partial charge in [-0.3, -0.25) is 19.5 Å². The fourth-order valence-electron chi connectivity index (χ4n) is 4.79. The molecular weight excluding hydrogens is 316 g/mol. The molecule has 0 N–H and O–H groups in total. The zero-order valence-corrected chi connectivity index (χ0v) is 14.9. The molecule has 0 aromatic carbocycles. The molecule has 3 saturated heterocycles. The third-order valence-corrected chi connectivity index (χ3v) is 6.06. The lowest BCUT2D eigenvalue weighted by Crippen LogP contribution is -2.49. The van der Waals surface area contributed by atoms with E-state index in [2.05, 4.69) is 9.88 Å². The molecule has 4 rings (SSSR count). The Morgan fingerprint density at radius 1 is 1.16 bits per heavy atom. The Labute approximate surface area is 148 Å². The van der Waals surface area contributed by atoms with Crippen molar-refractivity contribution >= 4 is 11.8 Å². The monoisotopic (exact) mass is 342 g/mol. The first-order valence-corrected chi connectivity index (χ1v) is 9.26. The quantitative estimate of drug-likeness (QED) is 0.822. The molecular formula is C19H26N4O2. The number of pyridine rings is 1. The van der Waals surface area contributed by atoms with Crippen LogP contribution in [0, 0.1) is 11.3 Å². The minimum Gasteiger partial charge on any atom is -0.342 e. The Kier molecular flexibility index (Phi) is 4.23. The van der Waals surface area contributed by atoms with Crippen molar-refractivity contribution in [3.8, 4) is 0 Å². The normalized spacial score (nSPS) is 29.2. The third kappa shape index (κ3) is 2.92. The number of hydrogen-bond acceptors (Lipinski definition) is 4. The number of aromatic nitrogens is 1. The highest BCUT2D eigenvalue weighted by Crippen LogP contribution is 2.44. The van der Waals surface area contributed by atoms with E-state index in [4.69, 9.17) is 0 Å². The Morgan fingerprint density at radius 2 is 1.96 bits per heavy atom. The van der Waals surface area contributed by atoms with E-state index in [1.165, 1.54) is 0 Å². The largest absolute Gasteiger partial charge is 0.342 e. The minimum absolute atomic E-state index is 0.0827. The molecule has 0 saturated carbocycles. The van der Waals surface area contributed by atoms with Crippen molar-refractivity contribution in [3.05, 3.63) is 30.1 Å². The number of fused-ring (bicyclic) bond motifs is 1. The highest BCUT2D eigenvalue weighted by atomic mass is 16.2. The molecule has 0 bridgehead atoms. The van der Waals surface area contributed by atoms with Crippen LogP contribution in [0.1, 0.15) is 25.5 Å². The lowest BCUT2D eigenvalue weighted by molar-refractivity contribution is -0.141. The van der Waals surface area contributed by atoms with E-state index in [-0.39, 0.29) is 17.7 Å². The molecule has 0 unspecified atom stereocenters. The molecule has 2 atom stereocenters. The van der Waals surface area contributed by atoms with E-state index < -0.39 is 5.41 Å². The maximum Gasteiger partial charge on any atom is 0.232 e. The molecule has 3 aliphatic rings. The average Bonchev–Trinajstić information content (AvgIpc) is 3.29. The summed E-state index contributed by atoms with van der Waals surface area (Å²) < 4.78 is 0. The van der Waals surface area contributed by atoms with Crippen LogP contribution in [-0.2, 0) is 16.1 Å². The van der Waals surface area contributed by atoms with E-state index in [1.54, 1.807) is 6.92 Å². The Bertz CT molecular complexity index is 659. The van der Waals surface area contributed by atoms with Gasteiger partial charge in [0.2, 0.25) is 11.8 Å². The Hall–Kier alpha value is -1.95. The molecule has 0 aliphatic carbocycles. The first-order chi connectivity index (χ1) is 12.1. The molecule has 1 aromatic rings. The summed E-state index contributed by atoms with van der Waals surface area (Å²) in [5.41, 5.74) is 0.611. The van der Waals surface area contributed by atoms with E-state index >= 15 is 0 Å². The SMILES string of the molecule is CC(=O)N1C[C@H]2CN(Cc3ccccn3)C[C@@]2(C(=O)N2CCCC2)C1. The lowest BCUT2D eigenvalue weighted by Gasteiger charge is -2.32. The maximum atomic E-state index is 13.4. The predicted octanol–water partition coefficient (Wildman–Crippen LogP) is 0.984. The van der Waals surface area contributed by atoms with Gasteiger partial charge in [0.25, 0.3) is 0 Å². The molecule has 0 radical (unpaired) electrons. The highest BCUT2D eigenvalue weighted by molar-refractivity contribution is 5.86. The Morgan fingerprint density at radius 3 is 2.64 bits per heavy atom. The van der Waals surface area contributed by atoms with Gasteiger partial charge in [-0.05, 0) is 25.0 Å². The van der Waals surface area contributed by atoms with Crippen LogP contribution in [0.5, 0.6) is 0 Å². The summed E-state index contributed by atoms with van der Waals surface area (Å²) in [6.07, 6.45) is 4.01. The first kappa shape index (κ1) is 16.5. The van der Waals surface area contributed by atoms with Crippen molar-refractivity contribution in [1.29, 1.82) is 0 Å². The van der Waals surface area contributed by atoms with Crippen molar-refractivity contribution in [2.24, 2.45) is 11.3 Å². The summed E-state index contributed by atoms with van der Waals surface area (Å²) >= 11 is 0. The van der Waals surface area contributed by atoms with E-state index in [0.717, 1.165) is 51.3 Å². The van der Waals surface area contributed by atoms with Gasteiger partial charge >= 0.3 is 0 Å². The molecule has 2 amide bonds. The molecule has 0 spiro atoms. The summed E-state index contributed by atoms with van der Waals surface area (Å²) in [4.78, 5) is 35.9. The number of amides is 2. The summed E-state index contributed by atoms with van der Waals surface area (Å²) in [5, 5.41) is 0. The number of likely N-dealkylation sites (tertiary alicyclic amines) is 3.